The van der Waals surface area contributed by atoms with Crippen LogP contribution in [0.2, 0.25) is 0 Å². The molecule has 1 aromatic carbocycles. The zero-order valence-corrected chi connectivity index (χ0v) is 16.0. The second-order valence-corrected chi connectivity index (χ2v) is 7.96. The fourth-order valence-electron chi connectivity index (χ4n) is 3.51. The van der Waals surface area contributed by atoms with E-state index in [0.29, 0.717) is 25.4 Å². The number of para-hydroxylation sites is 2. The number of imidazole rings is 1. The number of nitrogens with one attached hydrogen (secondary N) is 2. The van der Waals surface area contributed by atoms with E-state index in [4.69, 9.17) is 0 Å². The molecule has 0 spiro atoms. The molecule has 1 saturated heterocycles. The van der Waals surface area contributed by atoms with E-state index in [2.05, 4.69) is 43.0 Å². The molecule has 0 bridgehead atoms. The van der Waals surface area contributed by atoms with Crippen LogP contribution >= 0.6 is 0 Å². The molecule has 1 aliphatic rings. The van der Waals surface area contributed by atoms with E-state index in [1.54, 1.807) is 4.90 Å². The Morgan fingerprint density at radius 1 is 1.31 bits per heavy atom. The van der Waals surface area contributed by atoms with Gasteiger partial charge < -0.3 is 15.2 Å². The highest BCUT2D eigenvalue weighted by Gasteiger charge is 2.36. The van der Waals surface area contributed by atoms with Crippen molar-refractivity contribution in [1.29, 1.82) is 0 Å². The molecule has 0 aliphatic carbocycles. The van der Waals surface area contributed by atoms with Gasteiger partial charge in [0.05, 0.1) is 23.0 Å². The van der Waals surface area contributed by atoms with Crippen molar-refractivity contribution in [3.05, 3.63) is 30.1 Å². The largest absolute Gasteiger partial charge is 0.346 e. The normalized spacial score (nSPS) is 18.9. The highest BCUT2D eigenvalue weighted by Crippen LogP contribution is 2.25. The van der Waals surface area contributed by atoms with Gasteiger partial charge in [0.25, 0.3) is 0 Å². The van der Waals surface area contributed by atoms with Crippen LogP contribution in [-0.2, 0) is 9.59 Å². The van der Waals surface area contributed by atoms with Gasteiger partial charge in [0.2, 0.25) is 11.8 Å². The lowest BCUT2D eigenvalue weighted by Gasteiger charge is -2.23. The smallest absolute Gasteiger partial charge is 0.226 e. The van der Waals surface area contributed by atoms with Crippen molar-refractivity contribution in [3.8, 4) is 0 Å². The Balaban J connectivity index is 1.72. The molecule has 1 aromatic heterocycles. The maximum atomic E-state index is 12.8. The van der Waals surface area contributed by atoms with Crippen LogP contribution in [0.25, 0.3) is 11.0 Å². The summed E-state index contributed by atoms with van der Waals surface area (Å²) in [6.07, 6.45) is 0.295. The van der Waals surface area contributed by atoms with Gasteiger partial charge in [-0.25, -0.2) is 4.98 Å². The number of hydrogen-bond donors (Lipinski definition) is 2. The number of aromatic nitrogens is 2. The average molecular weight is 356 g/mol. The van der Waals surface area contributed by atoms with Gasteiger partial charge in [-0.2, -0.15) is 0 Å². The number of amides is 2. The van der Waals surface area contributed by atoms with Gasteiger partial charge in [0.15, 0.2) is 0 Å². The van der Waals surface area contributed by atoms with Crippen LogP contribution in [-0.4, -0.2) is 39.8 Å². The number of fused-ring (bicyclic) bond motifs is 1. The minimum absolute atomic E-state index is 0.0660. The average Bonchev–Trinajstić information content (AvgIpc) is 3.15. The number of hydrogen-bond acceptors (Lipinski definition) is 3. The van der Waals surface area contributed by atoms with E-state index >= 15 is 0 Å². The number of likely N-dealkylation sites (tertiary alicyclic amines) is 1. The lowest BCUT2D eigenvalue weighted by Crippen LogP contribution is -2.38. The van der Waals surface area contributed by atoms with Crippen LogP contribution in [0.5, 0.6) is 0 Å². The SMILES string of the molecule is CC(C)CN1C[C@@H](C(=O)N[C@@H](c2nc3ccccc3[nH]2)C(C)C)CC1=O. The first kappa shape index (κ1) is 18.4. The number of carbonyl (C=O) groups excluding carboxylic acids is 2. The number of H-pyrrole nitrogens is 1. The van der Waals surface area contributed by atoms with Gasteiger partial charge in [-0.1, -0.05) is 39.8 Å². The first-order valence-electron chi connectivity index (χ1n) is 9.38. The molecule has 6 heteroatoms. The summed E-state index contributed by atoms with van der Waals surface area (Å²) in [5.74, 6) is 1.07. The maximum absolute atomic E-state index is 12.8. The molecule has 0 saturated carbocycles. The van der Waals surface area contributed by atoms with Crippen molar-refractivity contribution in [3.63, 3.8) is 0 Å². The summed E-state index contributed by atoms with van der Waals surface area (Å²) in [5, 5.41) is 3.12. The Labute approximate surface area is 154 Å². The molecule has 1 aliphatic heterocycles. The quantitative estimate of drug-likeness (QED) is 0.835. The maximum Gasteiger partial charge on any atom is 0.226 e. The third-order valence-electron chi connectivity index (χ3n) is 4.84. The van der Waals surface area contributed by atoms with Gasteiger partial charge in [-0.3, -0.25) is 9.59 Å². The lowest BCUT2D eigenvalue weighted by atomic mass is 10.0. The zero-order chi connectivity index (χ0) is 18.8. The Bertz CT molecular complexity index is 763. The first-order valence-corrected chi connectivity index (χ1v) is 9.38. The molecule has 2 amide bonds. The van der Waals surface area contributed by atoms with E-state index in [-0.39, 0.29) is 29.7 Å². The van der Waals surface area contributed by atoms with Crippen LogP contribution < -0.4 is 5.32 Å². The summed E-state index contributed by atoms with van der Waals surface area (Å²) in [6, 6.07) is 7.63. The summed E-state index contributed by atoms with van der Waals surface area (Å²) in [5.41, 5.74) is 1.85. The van der Waals surface area contributed by atoms with Crippen molar-refractivity contribution < 1.29 is 9.59 Å². The number of aromatic amines is 1. The number of nitrogens with zero attached hydrogens (tertiary/aromatic N) is 2. The zero-order valence-electron chi connectivity index (χ0n) is 16.0. The number of rotatable bonds is 6. The molecule has 0 radical (unpaired) electrons. The standard InChI is InChI=1S/C20H28N4O2/c1-12(2)10-24-11-14(9-17(24)25)20(26)23-18(13(3)4)19-21-15-7-5-6-8-16(15)22-19/h5-8,12-14,18H,9-11H2,1-4H3,(H,21,22)(H,23,26)/t14-,18+/m0/s1. The van der Waals surface area contributed by atoms with Crippen LogP contribution in [0.1, 0.15) is 46.0 Å². The second kappa shape index (κ2) is 7.48. The van der Waals surface area contributed by atoms with E-state index in [1.807, 2.05) is 24.3 Å². The molecule has 26 heavy (non-hydrogen) atoms. The van der Waals surface area contributed by atoms with Gasteiger partial charge in [0.1, 0.15) is 5.82 Å². The predicted octanol–water partition coefficient (Wildman–Crippen LogP) is 2.88. The van der Waals surface area contributed by atoms with Crippen LogP contribution in [0, 0.1) is 17.8 Å². The van der Waals surface area contributed by atoms with Crippen LogP contribution in [0.4, 0.5) is 0 Å². The molecule has 0 unspecified atom stereocenters. The van der Waals surface area contributed by atoms with Gasteiger partial charge >= 0.3 is 0 Å². The minimum atomic E-state index is -0.285. The molecule has 1 fully saturated rings. The fraction of sp³-hybridized carbons (Fsp3) is 0.550. The molecule has 2 heterocycles. The molecule has 6 nitrogen and oxygen atoms in total. The van der Waals surface area contributed by atoms with Crippen molar-refractivity contribution >= 4 is 22.8 Å². The molecule has 2 N–H and O–H groups in total. The summed E-state index contributed by atoms with van der Waals surface area (Å²) < 4.78 is 0. The van der Waals surface area contributed by atoms with Crippen LogP contribution in [0.15, 0.2) is 24.3 Å². The van der Waals surface area contributed by atoms with Gasteiger partial charge in [-0.05, 0) is 24.0 Å². The Morgan fingerprint density at radius 2 is 2.04 bits per heavy atom. The highest BCUT2D eigenvalue weighted by atomic mass is 16.2. The molecular weight excluding hydrogens is 328 g/mol. The van der Waals surface area contributed by atoms with E-state index < -0.39 is 0 Å². The number of carbonyl (C=O) groups is 2. The molecule has 2 atom stereocenters. The summed E-state index contributed by atoms with van der Waals surface area (Å²) >= 11 is 0. The Hall–Kier alpha value is -2.37. The summed E-state index contributed by atoms with van der Waals surface area (Å²) in [7, 11) is 0. The highest BCUT2D eigenvalue weighted by molar-refractivity contribution is 5.89. The van der Waals surface area contributed by atoms with E-state index in [1.165, 1.54) is 0 Å². The molecular formula is C20H28N4O2. The van der Waals surface area contributed by atoms with Crippen molar-refractivity contribution in [2.75, 3.05) is 13.1 Å². The molecule has 2 aromatic rings. The third-order valence-corrected chi connectivity index (χ3v) is 4.84. The monoisotopic (exact) mass is 356 g/mol. The minimum Gasteiger partial charge on any atom is -0.346 e. The Kier molecular flexibility index (Phi) is 5.30. The fourth-order valence-corrected chi connectivity index (χ4v) is 3.51. The topological polar surface area (TPSA) is 78.1 Å². The third kappa shape index (κ3) is 3.89. The van der Waals surface area contributed by atoms with E-state index in [0.717, 1.165) is 16.9 Å². The predicted molar refractivity (Wildman–Crippen MR) is 101 cm³/mol. The Morgan fingerprint density at radius 3 is 2.69 bits per heavy atom. The van der Waals surface area contributed by atoms with Crippen molar-refractivity contribution in [2.24, 2.45) is 17.8 Å². The van der Waals surface area contributed by atoms with Gasteiger partial charge in [-0.15, -0.1) is 0 Å². The van der Waals surface area contributed by atoms with Crippen molar-refractivity contribution in [1.82, 2.24) is 20.2 Å². The van der Waals surface area contributed by atoms with Gasteiger partial charge in [0, 0.05) is 19.5 Å². The first-order chi connectivity index (χ1) is 12.3. The van der Waals surface area contributed by atoms with Crippen LogP contribution in [0.3, 0.4) is 0 Å². The summed E-state index contributed by atoms with van der Waals surface area (Å²) in [6.45, 7) is 9.49. The summed E-state index contributed by atoms with van der Waals surface area (Å²) in [4.78, 5) is 34.7. The lowest BCUT2D eigenvalue weighted by molar-refractivity contribution is -0.129. The van der Waals surface area contributed by atoms with Crippen molar-refractivity contribution in [2.45, 2.75) is 40.2 Å². The molecule has 140 valence electrons. The second-order valence-electron chi connectivity index (χ2n) is 7.96. The molecule has 3 rings (SSSR count). The van der Waals surface area contributed by atoms with E-state index in [9.17, 15) is 9.59 Å². The number of benzene rings is 1.